The molecule has 0 aliphatic rings. The summed E-state index contributed by atoms with van der Waals surface area (Å²) in [6.07, 6.45) is -0.286. The number of hydrogen-bond donors (Lipinski definition) is 3. The summed E-state index contributed by atoms with van der Waals surface area (Å²) >= 11 is 0. The normalized spacial score (nSPS) is 11.5. The molecule has 0 aliphatic carbocycles. The molecule has 0 fully saturated rings. The topological polar surface area (TPSA) is 95.5 Å². The quantitative estimate of drug-likeness (QED) is 0.615. The second-order valence-electron chi connectivity index (χ2n) is 5.90. The van der Waals surface area contributed by atoms with Crippen LogP contribution in [0.15, 0.2) is 42.5 Å². The van der Waals surface area contributed by atoms with E-state index in [4.69, 9.17) is 5.11 Å². The van der Waals surface area contributed by atoms with Gasteiger partial charge in [0, 0.05) is 17.3 Å². The predicted octanol–water partition coefficient (Wildman–Crippen LogP) is 2.39. The minimum Gasteiger partial charge on any atom is -0.480 e. The van der Waals surface area contributed by atoms with Crippen molar-refractivity contribution in [3.8, 4) is 0 Å². The van der Waals surface area contributed by atoms with Crippen molar-refractivity contribution in [2.24, 2.45) is 0 Å². The van der Waals surface area contributed by atoms with Crippen LogP contribution in [0.3, 0.4) is 0 Å². The SMILES string of the molecule is C[C@H](NC(=O)Cc1cc(F)cc(F)c1)C(=O)c1ccccc1NCC(=O)O. The molecular formula is C19H18F2N2O4. The van der Waals surface area contributed by atoms with E-state index in [-0.39, 0.29) is 24.1 Å². The molecule has 1 amide bonds. The fourth-order valence-corrected chi connectivity index (χ4v) is 2.51. The van der Waals surface area contributed by atoms with Gasteiger partial charge in [-0.15, -0.1) is 0 Å². The third-order valence-electron chi connectivity index (χ3n) is 3.68. The first-order chi connectivity index (χ1) is 12.8. The molecule has 8 heteroatoms. The number of amides is 1. The maximum absolute atomic E-state index is 13.2. The summed E-state index contributed by atoms with van der Waals surface area (Å²) in [5.41, 5.74) is 0.703. The van der Waals surface area contributed by atoms with Crippen LogP contribution in [-0.2, 0) is 16.0 Å². The number of Topliss-reactive ketones (excluding diaryl/α,β-unsaturated/α-hetero) is 1. The van der Waals surface area contributed by atoms with E-state index in [1.54, 1.807) is 18.2 Å². The molecule has 0 aromatic heterocycles. The van der Waals surface area contributed by atoms with Gasteiger partial charge in [-0.1, -0.05) is 12.1 Å². The summed E-state index contributed by atoms with van der Waals surface area (Å²) in [4.78, 5) is 35.4. The van der Waals surface area contributed by atoms with Gasteiger partial charge in [-0.05, 0) is 36.8 Å². The Labute approximate surface area is 154 Å². The lowest BCUT2D eigenvalue weighted by atomic mass is 10.0. The van der Waals surface area contributed by atoms with E-state index < -0.39 is 35.3 Å². The van der Waals surface area contributed by atoms with Crippen LogP contribution >= 0.6 is 0 Å². The van der Waals surface area contributed by atoms with Gasteiger partial charge in [0.15, 0.2) is 5.78 Å². The number of halogens is 2. The highest BCUT2D eigenvalue weighted by atomic mass is 19.1. The van der Waals surface area contributed by atoms with E-state index in [1.807, 2.05) is 0 Å². The Bertz CT molecular complexity index is 850. The van der Waals surface area contributed by atoms with Crippen molar-refractivity contribution in [1.29, 1.82) is 0 Å². The van der Waals surface area contributed by atoms with Crippen LogP contribution in [0.2, 0.25) is 0 Å². The minimum absolute atomic E-state index is 0.146. The first-order valence-electron chi connectivity index (χ1n) is 8.09. The molecule has 0 saturated heterocycles. The fourth-order valence-electron chi connectivity index (χ4n) is 2.51. The van der Waals surface area contributed by atoms with Gasteiger partial charge in [0.05, 0.1) is 12.5 Å². The van der Waals surface area contributed by atoms with Crippen molar-refractivity contribution in [3.63, 3.8) is 0 Å². The van der Waals surface area contributed by atoms with Crippen LogP contribution in [-0.4, -0.2) is 35.4 Å². The average Bonchev–Trinajstić information content (AvgIpc) is 2.58. The van der Waals surface area contributed by atoms with Crippen molar-refractivity contribution in [2.75, 3.05) is 11.9 Å². The molecule has 1 atom stereocenters. The first kappa shape index (κ1) is 20.0. The summed E-state index contributed by atoms with van der Waals surface area (Å²) in [6.45, 7) is 1.11. The average molecular weight is 376 g/mol. The number of carbonyl (C=O) groups is 3. The minimum atomic E-state index is -1.08. The second kappa shape index (κ2) is 8.88. The monoisotopic (exact) mass is 376 g/mol. The molecule has 2 aromatic carbocycles. The third kappa shape index (κ3) is 5.88. The van der Waals surface area contributed by atoms with Gasteiger partial charge >= 0.3 is 5.97 Å². The van der Waals surface area contributed by atoms with Crippen LogP contribution in [0.4, 0.5) is 14.5 Å². The molecule has 0 heterocycles. The van der Waals surface area contributed by atoms with E-state index >= 15 is 0 Å². The number of carboxylic acid groups (broad SMARTS) is 1. The van der Waals surface area contributed by atoms with E-state index in [9.17, 15) is 23.2 Å². The van der Waals surface area contributed by atoms with Crippen LogP contribution in [0.25, 0.3) is 0 Å². The van der Waals surface area contributed by atoms with Gasteiger partial charge in [-0.2, -0.15) is 0 Å². The zero-order valence-electron chi connectivity index (χ0n) is 14.5. The number of anilines is 1. The molecule has 0 aliphatic heterocycles. The number of ketones is 1. The van der Waals surface area contributed by atoms with Gasteiger partial charge in [0.1, 0.15) is 18.2 Å². The molecular weight excluding hydrogens is 358 g/mol. The summed E-state index contributed by atoms with van der Waals surface area (Å²) in [6, 6.07) is 8.20. The molecule has 0 spiro atoms. The summed E-state index contributed by atoms with van der Waals surface area (Å²) in [5, 5.41) is 13.9. The Morgan fingerprint density at radius 1 is 1.07 bits per heavy atom. The number of para-hydroxylation sites is 1. The van der Waals surface area contributed by atoms with Crippen LogP contribution in [0.5, 0.6) is 0 Å². The number of benzene rings is 2. The molecule has 142 valence electrons. The van der Waals surface area contributed by atoms with Crippen molar-refractivity contribution in [3.05, 3.63) is 65.2 Å². The Kier molecular flexibility index (Phi) is 6.59. The number of nitrogens with one attached hydrogen (secondary N) is 2. The molecule has 2 aromatic rings. The van der Waals surface area contributed by atoms with Gasteiger partial charge in [-0.25, -0.2) is 8.78 Å². The fraction of sp³-hybridized carbons (Fsp3) is 0.211. The molecule has 3 N–H and O–H groups in total. The standard InChI is InChI=1S/C19H18F2N2O4/c1-11(23-17(24)8-12-6-13(20)9-14(21)7-12)19(27)15-4-2-3-5-16(15)22-10-18(25)26/h2-7,9,11,22H,8,10H2,1H3,(H,23,24)(H,25,26)/t11-/m0/s1. The zero-order valence-corrected chi connectivity index (χ0v) is 14.5. The third-order valence-corrected chi connectivity index (χ3v) is 3.68. The number of aliphatic carboxylic acids is 1. The largest absolute Gasteiger partial charge is 0.480 e. The molecule has 0 saturated carbocycles. The molecule has 0 unspecified atom stereocenters. The number of carbonyl (C=O) groups excluding carboxylic acids is 2. The zero-order chi connectivity index (χ0) is 20.0. The lowest BCUT2D eigenvalue weighted by molar-refractivity contribution is -0.135. The van der Waals surface area contributed by atoms with Crippen molar-refractivity contribution in [1.82, 2.24) is 5.32 Å². The molecule has 27 heavy (non-hydrogen) atoms. The Morgan fingerprint density at radius 3 is 2.33 bits per heavy atom. The highest BCUT2D eigenvalue weighted by Gasteiger charge is 2.20. The maximum Gasteiger partial charge on any atom is 0.322 e. The molecule has 0 radical (unpaired) electrons. The second-order valence-corrected chi connectivity index (χ2v) is 5.90. The lowest BCUT2D eigenvalue weighted by Gasteiger charge is -2.16. The number of rotatable bonds is 8. The Morgan fingerprint density at radius 2 is 1.70 bits per heavy atom. The lowest BCUT2D eigenvalue weighted by Crippen LogP contribution is -2.39. The molecule has 6 nitrogen and oxygen atoms in total. The van der Waals surface area contributed by atoms with Gasteiger partial charge < -0.3 is 15.7 Å². The first-order valence-corrected chi connectivity index (χ1v) is 8.09. The van der Waals surface area contributed by atoms with E-state index in [2.05, 4.69) is 10.6 Å². The van der Waals surface area contributed by atoms with Gasteiger partial charge in [-0.3, -0.25) is 14.4 Å². The van der Waals surface area contributed by atoms with E-state index in [0.717, 1.165) is 12.1 Å². The van der Waals surface area contributed by atoms with E-state index in [0.29, 0.717) is 11.8 Å². The van der Waals surface area contributed by atoms with Crippen LogP contribution in [0.1, 0.15) is 22.8 Å². The van der Waals surface area contributed by atoms with E-state index in [1.165, 1.54) is 13.0 Å². The molecule has 2 rings (SSSR count). The smallest absolute Gasteiger partial charge is 0.322 e. The summed E-state index contributed by atoms with van der Waals surface area (Å²) < 4.78 is 26.4. The maximum atomic E-state index is 13.2. The number of carboxylic acids is 1. The van der Waals surface area contributed by atoms with Crippen LogP contribution < -0.4 is 10.6 Å². The van der Waals surface area contributed by atoms with Crippen molar-refractivity contribution >= 4 is 23.3 Å². The van der Waals surface area contributed by atoms with Gasteiger partial charge in [0.2, 0.25) is 5.91 Å². The Balaban J connectivity index is 2.04. The van der Waals surface area contributed by atoms with Gasteiger partial charge in [0.25, 0.3) is 0 Å². The number of hydrogen-bond acceptors (Lipinski definition) is 4. The van der Waals surface area contributed by atoms with Crippen LogP contribution in [0, 0.1) is 11.6 Å². The highest BCUT2D eigenvalue weighted by Crippen LogP contribution is 2.17. The summed E-state index contributed by atoms with van der Waals surface area (Å²) in [7, 11) is 0. The highest BCUT2D eigenvalue weighted by molar-refractivity contribution is 6.06. The predicted molar refractivity (Wildman–Crippen MR) is 94.6 cm³/mol. The van der Waals surface area contributed by atoms with Crippen molar-refractivity contribution < 1.29 is 28.3 Å². The Hall–Kier alpha value is -3.29. The molecule has 0 bridgehead atoms. The van der Waals surface area contributed by atoms with Crippen molar-refractivity contribution in [2.45, 2.75) is 19.4 Å². The summed E-state index contributed by atoms with van der Waals surface area (Å²) in [5.74, 6) is -3.67.